The number of carbonyl (C=O) groups excluding carboxylic acids is 1. The Morgan fingerprint density at radius 1 is 1.79 bits per heavy atom. The molecule has 1 aromatic rings. The standard InChI is InChI=1S/C9H14N4O/c1-13(6-7-4-11-12-5-7)8(14)9(10)2-3-9/h4-5H,2-3,6,10H2,1H3,(H,11,12). The van der Waals surface area contributed by atoms with Gasteiger partial charge in [-0.05, 0) is 12.8 Å². The van der Waals surface area contributed by atoms with Crippen molar-refractivity contribution >= 4 is 5.91 Å². The van der Waals surface area contributed by atoms with Crippen LogP contribution in [-0.4, -0.2) is 33.6 Å². The van der Waals surface area contributed by atoms with E-state index in [0.717, 1.165) is 18.4 Å². The molecule has 1 aromatic heterocycles. The Hall–Kier alpha value is -1.36. The van der Waals surface area contributed by atoms with Gasteiger partial charge in [0, 0.05) is 25.4 Å². The van der Waals surface area contributed by atoms with Gasteiger partial charge in [-0.15, -0.1) is 0 Å². The van der Waals surface area contributed by atoms with Gasteiger partial charge in [-0.25, -0.2) is 0 Å². The fourth-order valence-electron chi connectivity index (χ4n) is 1.44. The van der Waals surface area contributed by atoms with E-state index in [2.05, 4.69) is 10.2 Å². The number of nitrogens with one attached hydrogen (secondary N) is 1. The predicted octanol–water partition coefficient (Wildman–Crippen LogP) is -0.141. The first-order valence-corrected chi connectivity index (χ1v) is 4.64. The van der Waals surface area contributed by atoms with Gasteiger partial charge in [0.05, 0.1) is 11.7 Å². The second-order valence-electron chi connectivity index (χ2n) is 3.92. The van der Waals surface area contributed by atoms with Gasteiger partial charge in [-0.1, -0.05) is 0 Å². The molecule has 0 spiro atoms. The largest absolute Gasteiger partial charge is 0.340 e. The lowest BCUT2D eigenvalue weighted by Gasteiger charge is -2.19. The van der Waals surface area contributed by atoms with E-state index >= 15 is 0 Å². The van der Waals surface area contributed by atoms with Gasteiger partial charge in [0.15, 0.2) is 0 Å². The molecule has 14 heavy (non-hydrogen) atoms. The molecule has 3 N–H and O–H groups in total. The van der Waals surface area contributed by atoms with Gasteiger partial charge in [-0.3, -0.25) is 9.89 Å². The summed E-state index contributed by atoms with van der Waals surface area (Å²) in [5, 5.41) is 6.53. The summed E-state index contributed by atoms with van der Waals surface area (Å²) >= 11 is 0. The number of likely N-dealkylation sites (N-methyl/N-ethyl adjacent to an activating group) is 1. The number of nitrogens with two attached hydrogens (primary N) is 1. The van der Waals surface area contributed by atoms with Gasteiger partial charge in [0.1, 0.15) is 0 Å². The summed E-state index contributed by atoms with van der Waals surface area (Å²) in [5.41, 5.74) is 6.23. The molecule has 5 heteroatoms. The van der Waals surface area contributed by atoms with Crippen molar-refractivity contribution in [2.24, 2.45) is 5.73 Å². The average molecular weight is 194 g/mol. The maximum atomic E-state index is 11.7. The number of aromatic amines is 1. The highest BCUT2D eigenvalue weighted by molar-refractivity contribution is 5.88. The third kappa shape index (κ3) is 1.63. The summed E-state index contributed by atoms with van der Waals surface area (Å²) in [6, 6.07) is 0. The highest BCUT2D eigenvalue weighted by atomic mass is 16.2. The van der Waals surface area contributed by atoms with Gasteiger partial charge >= 0.3 is 0 Å². The predicted molar refractivity (Wildman–Crippen MR) is 51.2 cm³/mol. The van der Waals surface area contributed by atoms with Gasteiger partial charge in [0.25, 0.3) is 0 Å². The summed E-state index contributed by atoms with van der Waals surface area (Å²) in [4.78, 5) is 13.4. The van der Waals surface area contributed by atoms with E-state index in [4.69, 9.17) is 5.73 Å². The minimum absolute atomic E-state index is 0.0266. The van der Waals surface area contributed by atoms with Crippen LogP contribution in [0.1, 0.15) is 18.4 Å². The van der Waals surface area contributed by atoms with Crippen molar-refractivity contribution in [1.29, 1.82) is 0 Å². The second-order valence-corrected chi connectivity index (χ2v) is 3.92. The van der Waals surface area contributed by atoms with E-state index in [1.807, 2.05) is 0 Å². The molecule has 0 saturated heterocycles. The number of hydrogen-bond acceptors (Lipinski definition) is 3. The van der Waals surface area contributed by atoms with Crippen LogP contribution in [0.15, 0.2) is 12.4 Å². The van der Waals surface area contributed by atoms with Crippen LogP contribution in [0.2, 0.25) is 0 Å². The van der Waals surface area contributed by atoms with Crippen molar-refractivity contribution in [3.8, 4) is 0 Å². The summed E-state index contributed by atoms with van der Waals surface area (Å²) < 4.78 is 0. The topological polar surface area (TPSA) is 75.0 Å². The molecule has 1 aliphatic carbocycles. The Bertz CT molecular complexity index is 329. The van der Waals surface area contributed by atoms with Crippen molar-refractivity contribution in [1.82, 2.24) is 15.1 Å². The van der Waals surface area contributed by atoms with E-state index in [-0.39, 0.29) is 5.91 Å². The first-order valence-electron chi connectivity index (χ1n) is 4.64. The molecule has 0 radical (unpaired) electrons. The summed E-state index contributed by atoms with van der Waals surface area (Å²) in [6.45, 7) is 0.564. The monoisotopic (exact) mass is 194 g/mol. The van der Waals surface area contributed by atoms with Crippen molar-refractivity contribution in [3.63, 3.8) is 0 Å². The van der Waals surface area contributed by atoms with E-state index < -0.39 is 5.54 Å². The fraction of sp³-hybridized carbons (Fsp3) is 0.556. The lowest BCUT2D eigenvalue weighted by atomic mass is 10.2. The fourth-order valence-corrected chi connectivity index (χ4v) is 1.44. The van der Waals surface area contributed by atoms with Crippen LogP contribution in [0.4, 0.5) is 0 Å². The molecule has 1 amide bonds. The van der Waals surface area contributed by atoms with Crippen LogP contribution >= 0.6 is 0 Å². The molecule has 76 valence electrons. The molecule has 0 unspecified atom stereocenters. The van der Waals surface area contributed by atoms with Gasteiger partial charge in [0.2, 0.25) is 5.91 Å². The Labute approximate surface area is 82.3 Å². The van der Waals surface area contributed by atoms with Crippen molar-refractivity contribution in [2.45, 2.75) is 24.9 Å². The van der Waals surface area contributed by atoms with Crippen LogP contribution in [0.25, 0.3) is 0 Å². The van der Waals surface area contributed by atoms with Crippen LogP contribution < -0.4 is 5.73 Å². The lowest BCUT2D eigenvalue weighted by Crippen LogP contribution is -2.43. The zero-order valence-electron chi connectivity index (χ0n) is 8.16. The lowest BCUT2D eigenvalue weighted by molar-refractivity contribution is -0.132. The molecule has 0 atom stereocenters. The minimum atomic E-state index is -0.571. The Morgan fingerprint density at radius 2 is 2.50 bits per heavy atom. The quantitative estimate of drug-likeness (QED) is 0.703. The molecule has 0 aromatic carbocycles. The maximum absolute atomic E-state index is 11.7. The number of amides is 1. The number of aromatic nitrogens is 2. The number of nitrogens with zero attached hydrogens (tertiary/aromatic N) is 2. The number of rotatable bonds is 3. The molecule has 1 saturated carbocycles. The van der Waals surface area contributed by atoms with Gasteiger partial charge < -0.3 is 10.6 Å². The van der Waals surface area contributed by atoms with Gasteiger partial charge in [-0.2, -0.15) is 5.10 Å². The average Bonchev–Trinajstić information content (AvgIpc) is 2.71. The van der Waals surface area contributed by atoms with E-state index in [1.165, 1.54) is 0 Å². The van der Waals surface area contributed by atoms with Crippen molar-refractivity contribution < 1.29 is 4.79 Å². The Balaban J connectivity index is 1.96. The smallest absolute Gasteiger partial charge is 0.242 e. The van der Waals surface area contributed by atoms with Crippen molar-refractivity contribution in [2.75, 3.05) is 7.05 Å². The zero-order valence-corrected chi connectivity index (χ0v) is 8.16. The summed E-state index contributed by atoms with van der Waals surface area (Å²) in [6.07, 6.45) is 5.10. The molecule has 0 aliphatic heterocycles. The molecule has 1 aliphatic rings. The molecule has 1 heterocycles. The molecule has 1 fully saturated rings. The van der Waals surface area contributed by atoms with Crippen LogP contribution in [0.5, 0.6) is 0 Å². The summed E-state index contributed by atoms with van der Waals surface area (Å²) in [5.74, 6) is 0.0266. The summed E-state index contributed by atoms with van der Waals surface area (Å²) in [7, 11) is 1.77. The van der Waals surface area contributed by atoms with Crippen LogP contribution in [0, 0.1) is 0 Å². The molecule has 5 nitrogen and oxygen atoms in total. The first-order chi connectivity index (χ1) is 6.62. The first kappa shape index (κ1) is 9.21. The molecule has 2 rings (SSSR count). The molecular formula is C9H14N4O. The number of hydrogen-bond donors (Lipinski definition) is 2. The molecular weight excluding hydrogens is 180 g/mol. The number of carbonyl (C=O) groups is 1. The Kier molecular flexibility index (Phi) is 2.03. The van der Waals surface area contributed by atoms with E-state index in [0.29, 0.717) is 6.54 Å². The number of H-pyrrole nitrogens is 1. The van der Waals surface area contributed by atoms with Crippen LogP contribution in [-0.2, 0) is 11.3 Å². The second kappa shape index (κ2) is 3.09. The molecule has 0 bridgehead atoms. The maximum Gasteiger partial charge on any atom is 0.242 e. The normalized spacial score (nSPS) is 17.9. The highest BCUT2D eigenvalue weighted by Gasteiger charge is 2.47. The minimum Gasteiger partial charge on any atom is -0.340 e. The zero-order chi connectivity index (χ0) is 10.2. The SMILES string of the molecule is CN(Cc1cn[nH]c1)C(=O)C1(N)CC1. The van der Waals surface area contributed by atoms with E-state index in [1.54, 1.807) is 24.3 Å². The third-order valence-electron chi connectivity index (χ3n) is 2.54. The van der Waals surface area contributed by atoms with Crippen LogP contribution in [0.3, 0.4) is 0 Å². The van der Waals surface area contributed by atoms with Crippen molar-refractivity contribution in [3.05, 3.63) is 18.0 Å². The van der Waals surface area contributed by atoms with E-state index in [9.17, 15) is 4.79 Å². The Morgan fingerprint density at radius 3 is 3.00 bits per heavy atom. The third-order valence-corrected chi connectivity index (χ3v) is 2.54. The highest BCUT2D eigenvalue weighted by Crippen LogP contribution is 2.34.